The molecule has 3 nitrogen and oxygen atoms in total. The zero-order valence-corrected chi connectivity index (χ0v) is 10.9. The molecule has 1 N–H and O–H groups in total. The van der Waals surface area contributed by atoms with Crippen molar-refractivity contribution in [2.45, 2.75) is 13.8 Å². The van der Waals surface area contributed by atoms with Gasteiger partial charge in [0.05, 0.1) is 5.69 Å². The average molecular weight is 261 g/mol. The highest BCUT2D eigenvalue weighted by Crippen LogP contribution is 2.31. The van der Waals surface area contributed by atoms with Crippen molar-refractivity contribution in [2.24, 2.45) is 10.2 Å². The van der Waals surface area contributed by atoms with Crippen LogP contribution >= 0.6 is 11.6 Å². The van der Waals surface area contributed by atoms with Gasteiger partial charge in [-0.3, -0.25) is 0 Å². The van der Waals surface area contributed by atoms with E-state index in [0.717, 1.165) is 11.3 Å². The van der Waals surface area contributed by atoms with Gasteiger partial charge in [0.1, 0.15) is 11.4 Å². The van der Waals surface area contributed by atoms with Gasteiger partial charge in [0.25, 0.3) is 0 Å². The van der Waals surface area contributed by atoms with Gasteiger partial charge in [0.2, 0.25) is 0 Å². The lowest BCUT2D eigenvalue weighted by Gasteiger charge is -2.00. The van der Waals surface area contributed by atoms with Crippen LogP contribution in [0.3, 0.4) is 0 Å². The molecule has 0 saturated carbocycles. The molecule has 4 heteroatoms. The van der Waals surface area contributed by atoms with E-state index in [9.17, 15) is 5.11 Å². The molecule has 2 aromatic rings. The van der Waals surface area contributed by atoms with Gasteiger partial charge in [-0.25, -0.2) is 0 Å². The first-order valence-corrected chi connectivity index (χ1v) is 5.91. The van der Waals surface area contributed by atoms with Crippen molar-refractivity contribution in [1.29, 1.82) is 0 Å². The van der Waals surface area contributed by atoms with Crippen LogP contribution in [-0.2, 0) is 0 Å². The molecule has 0 atom stereocenters. The van der Waals surface area contributed by atoms with Gasteiger partial charge < -0.3 is 5.11 Å². The Morgan fingerprint density at radius 3 is 2.44 bits per heavy atom. The van der Waals surface area contributed by atoms with Gasteiger partial charge in [-0.15, -0.1) is 5.11 Å². The van der Waals surface area contributed by atoms with Crippen LogP contribution < -0.4 is 0 Å². The Labute approximate surface area is 111 Å². The molecule has 0 fully saturated rings. The average Bonchev–Trinajstić information content (AvgIpc) is 2.34. The van der Waals surface area contributed by atoms with Crippen molar-refractivity contribution in [3.05, 3.63) is 52.5 Å². The zero-order valence-electron chi connectivity index (χ0n) is 10.2. The maximum absolute atomic E-state index is 9.60. The number of phenols is 1. The number of benzene rings is 2. The molecule has 2 aromatic carbocycles. The van der Waals surface area contributed by atoms with Crippen molar-refractivity contribution < 1.29 is 5.11 Å². The molecule has 2 rings (SSSR count). The molecule has 0 aromatic heterocycles. The van der Waals surface area contributed by atoms with E-state index in [2.05, 4.69) is 10.2 Å². The van der Waals surface area contributed by atoms with E-state index in [0.29, 0.717) is 10.7 Å². The Bertz CT molecular complexity index is 609. The first-order chi connectivity index (χ1) is 8.56. The topological polar surface area (TPSA) is 45.0 Å². The summed E-state index contributed by atoms with van der Waals surface area (Å²) in [7, 11) is 0. The SMILES string of the molecule is Cc1ccc(N=Nc2cc(Cl)ccc2O)cc1C. The molecule has 0 saturated heterocycles. The molecule has 0 unspecified atom stereocenters. The Hall–Kier alpha value is -1.87. The number of azo groups is 1. The summed E-state index contributed by atoms with van der Waals surface area (Å²) in [5.74, 6) is 0.0620. The Balaban J connectivity index is 2.29. The third kappa shape index (κ3) is 2.87. The van der Waals surface area contributed by atoms with Crippen molar-refractivity contribution in [3.63, 3.8) is 0 Å². The van der Waals surface area contributed by atoms with Crippen molar-refractivity contribution in [2.75, 3.05) is 0 Å². The zero-order chi connectivity index (χ0) is 13.1. The number of halogens is 1. The van der Waals surface area contributed by atoms with Gasteiger partial charge in [-0.1, -0.05) is 17.7 Å². The maximum atomic E-state index is 9.60. The molecule has 0 aliphatic rings. The van der Waals surface area contributed by atoms with Gasteiger partial charge in [-0.2, -0.15) is 5.11 Å². The van der Waals surface area contributed by atoms with Crippen molar-refractivity contribution in [3.8, 4) is 5.75 Å². The standard InChI is InChI=1S/C14H13ClN2O/c1-9-3-5-12(7-10(9)2)16-17-13-8-11(15)4-6-14(13)18/h3-8,18H,1-2H3. The van der Waals surface area contributed by atoms with Crippen LogP contribution in [0, 0.1) is 13.8 Å². The summed E-state index contributed by atoms with van der Waals surface area (Å²) in [5.41, 5.74) is 3.47. The van der Waals surface area contributed by atoms with Crippen LogP contribution in [0.25, 0.3) is 0 Å². The van der Waals surface area contributed by atoms with Gasteiger partial charge in [0, 0.05) is 5.02 Å². The van der Waals surface area contributed by atoms with E-state index in [1.54, 1.807) is 12.1 Å². The van der Waals surface area contributed by atoms with Gasteiger partial charge >= 0.3 is 0 Å². The van der Waals surface area contributed by atoms with Gasteiger partial charge in [-0.05, 0) is 55.3 Å². The molecule has 92 valence electrons. The van der Waals surface area contributed by atoms with E-state index in [-0.39, 0.29) is 5.75 Å². The minimum Gasteiger partial charge on any atom is -0.506 e. The molecule has 0 aliphatic heterocycles. The fraction of sp³-hybridized carbons (Fsp3) is 0.143. The number of aromatic hydroxyl groups is 1. The predicted molar refractivity (Wildman–Crippen MR) is 73.2 cm³/mol. The lowest BCUT2D eigenvalue weighted by Crippen LogP contribution is -1.77. The lowest BCUT2D eigenvalue weighted by molar-refractivity contribution is 0.476. The molecule has 0 spiro atoms. The molecule has 0 bridgehead atoms. The number of nitrogens with zero attached hydrogens (tertiary/aromatic N) is 2. The summed E-state index contributed by atoms with van der Waals surface area (Å²) in [6, 6.07) is 10.5. The van der Waals surface area contributed by atoms with Crippen molar-refractivity contribution >= 4 is 23.0 Å². The first-order valence-electron chi connectivity index (χ1n) is 5.54. The number of hydrogen-bond acceptors (Lipinski definition) is 3. The molecular weight excluding hydrogens is 248 g/mol. The minimum atomic E-state index is 0.0620. The molecule has 0 amide bonds. The van der Waals surface area contributed by atoms with Crippen LogP contribution in [0.2, 0.25) is 5.02 Å². The fourth-order valence-corrected chi connectivity index (χ4v) is 1.64. The second kappa shape index (κ2) is 5.19. The molecule has 0 radical (unpaired) electrons. The second-order valence-electron chi connectivity index (χ2n) is 4.10. The van der Waals surface area contributed by atoms with E-state index < -0.39 is 0 Å². The molecule has 0 aliphatic carbocycles. The minimum absolute atomic E-state index is 0.0620. The Morgan fingerprint density at radius 1 is 0.944 bits per heavy atom. The van der Waals surface area contributed by atoms with Crippen LogP contribution in [0.4, 0.5) is 11.4 Å². The Kier molecular flexibility index (Phi) is 3.63. The van der Waals surface area contributed by atoms with Crippen LogP contribution in [0.15, 0.2) is 46.6 Å². The highest BCUT2D eigenvalue weighted by Gasteiger charge is 2.00. The third-order valence-electron chi connectivity index (χ3n) is 2.70. The molecule has 18 heavy (non-hydrogen) atoms. The van der Waals surface area contributed by atoms with E-state index in [1.165, 1.54) is 11.6 Å². The highest BCUT2D eigenvalue weighted by atomic mass is 35.5. The monoisotopic (exact) mass is 260 g/mol. The third-order valence-corrected chi connectivity index (χ3v) is 2.94. The van der Waals surface area contributed by atoms with E-state index >= 15 is 0 Å². The normalized spacial score (nSPS) is 11.1. The molecule has 0 heterocycles. The Morgan fingerprint density at radius 2 is 1.72 bits per heavy atom. The largest absolute Gasteiger partial charge is 0.506 e. The predicted octanol–water partition coefficient (Wildman–Crippen LogP) is 5.08. The number of phenolic OH excluding ortho intramolecular Hbond substituents is 1. The number of aryl methyl sites for hydroxylation is 2. The van der Waals surface area contributed by atoms with E-state index in [1.807, 2.05) is 32.0 Å². The summed E-state index contributed by atoms with van der Waals surface area (Å²) in [4.78, 5) is 0. The summed E-state index contributed by atoms with van der Waals surface area (Å²) < 4.78 is 0. The highest BCUT2D eigenvalue weighted by molar-refractivity contribution is 6.30. The maximum Gasteiger partial charge on any atom is 0.143 e. The van der Waals surface area contributed by atoms with Gasteiger partial charge in [0.15, 0.2) is 0 Å². The summed E-state index contributed by atoms with van der Waals surface area (Å²) in [6.07, 6.45) is 0. The van der Waals surface area contributed by atoms with Crippen LogP contribution in [-0.4, -0.2) is 5.11 Å². The van der Waals surface area contributed by atoms with E-state index in [4.69, 9.17) is 11.6 Å². The second-order valence-corrected chi connectivity index (χ2v) is 4.54. The fourth-order valence-electron chi connectivity index (χ4n) is 1.48. The van der Waals surface area contributed by atoms with Crippen LogP contribution in [0.5, 0.6) is 5.75 Å². The smallest absolute Gasteiger partial charge is 0.143 e. The number of rotatable bonds is 2. The first kappa shape index (κ1) is 12.6. The van der Waals surface area contributed by atoms with Crippen LogP contribution in [0.1, 0.15) is 11.1 Å². The summed E-state index contributed by atoms with van der Waals surface area (Å²) in [6.45, 7) is 4.06. The molecular formula is C14H13ClN2O. The lowest BCUT2D eigenvalue weighted by atomic mass is 10.1. The summed E-state index contributed by atoms with van der Waals surface area (Å²) in [5, 5.41) is 18.2. The van der Waals surface area contributed by atoms with Crippen molar-refractivity contribution in [1.82, 2.24) is 0 Å². The quantitative estimate of drug-likeness (QED) is 0.752. The summed E-state index contributed by atoms with van der Waals surface area (Å²) >= 11 is 5.83. The number of hydrogen-bond donors (Lipinski definition) is 1.